The zero-order chi connectivity index (χ0) is 22.6. The van der Waals surface area contributed by atoms with Crippen LogP contribution in [0.1, 0.15) is 33.9 Å². The molecule has 0 aliphatic carbocycles. The van der Waals surface area contributed by atoms with Gasteiger partial charge in [0, 0.05) is 0 Å². The van der Waals surface area contributed by atoms with Crippen LogP contribution in [0.5, 0.6) is 0 Å². The van der Waals surface area contributed by atoms with Crippen LogP contribution in [0.2, 0.25) is 0 Å². The molecule has 2 aromatic heterocycles. The molecule has 0 bridgehead atoms. The fraction of sp³-hybridized carbons (Fsp3) is 0.647. The van der Waals surface area contributed by atoms with Crippen LogP contribution in [0.3, 0.4) is 0 Å². The second kappa shape index (κ2) is 7.95. The van der Waals surface area contributed by atoms with E-state index >= 15 is 0 Å². The van der Waals surface area contributed by atoms with Gasteiger partial charge in [0.25, 0.3) is 0 Å². The number of carbonyl (C=O) groups is 1. The molecule has 0 saturated carbocycles. The fourth-order valence-electron chi connectivity index (χ4n) is 3.59. The van der Waals surface area contributed by atoms with E-state index in [1.807, 2.05) is 0 Å². The Morgan fingerprint density at radius 1 is 1.42 bits per heavy atom. The summed E-state index contributed by atoms with van der Waals surface area (Å²) in [6, 6.07) is -0.915. The van der Waals surface area contributed by atoms with Crippen LogP contribution in [-0.4, -0.2) is 61.3 Å². The predicted octanol–water partition coefficient (Wildman–Crippen LogP) is 1.76. The number of carbonyl (C=O) groups excluding carboxylic acids is 1. The first-order valence-corrected chi connectivity index (χ1v) is 11.6. The Morgan fingerprint density at radius 3 is 2.87 bits per heavy atom. The zero-order valence-electron chi connectivity index (χ0n) is 17.4. The molecule has 0 amide bonds. The van der Waals surface area contributed by atoms with Crippen molar-refractivity contribution in [3.8, 4) is 0 Å². The van der Waals surface area contributed by atoms with E-state index in [4.69, 9.17) is 35.9 Å². The number of hydrogen-bond donors (Lipinski definition) is 2. The molecule has 4 rings (SSSR count). The Balaban J connectivity index is 1.55. The summed E-state index contributed by atoms with van der Waals surface area (Å²) in [4.78, 5) is 23.3. The van der Waals surface area contributed by atoms with Crippen LogP contribution in [-0.2, 0) is 27.9 Å². The molecule has 0 aromatic carbocycles. The first-order valence-electron chi connectivity index (χ1n) is 9.70. The maximum atomic E-state index is 13.2. The number of alkyl halides is 1. The molecule has 12 nitrogen and oxygen atoms in total. The summed E-state index contributed by atoms with van der Waals surface area (Å²) >= 11 is 6.86. The summed E-state index contributed by atoms with van der Waals surface area (Å²) in [5.74, 6) is -0.345. The van der Waals surface area contributed by atoms with Gasteiger partial charge in [0.05, 0.1) is 19.0 Å². The molecule has 0 spiro atoms. The number of aromatic nitrogens is 4. The van der Waals surface area contributed by atoms with Crippen molar-refractivity contribution in [2.24, 2.45) is 0 Å². The molecule has 170 valence electrons. The molecule has 0 unspecified atom stereocenters. The Labute approximate surface area is 183 Å². The van der Waals surface area contributed by atoms with E-state index in [-0.39, 0.29) is 18.5 Å². The van der Waals surface area contributed by atoms with Crippen LogP contribution >= 0.6 is 19.3 Å². The molecule has 2 fully saturated rings. The number of nitrogens with one attached hydrogen (secondary N) is 1. The third-order valence-corrected chi connectivity index (χ3v) is 7.14. The second-order valence-electron chi connectivity index (χ2n) is 7.92. The third kappa shape index (κ3) is 4.04. The number of fused-ring (bicyclic) bond motifs is 2. The monoisotopic (exact) mass is 474 g/mol. The quantitative estimate of drug-likeness (QED) is 0.370. The molecule has 3 N–H and O–H groups in total. The van der Waals surface area contributed by atoms with Gasteiger partial charge in [-0.15, -0.1) is 11.6 Å². The normalized spacial score (nSPS) is 34.1. The van der Waals surface area contributed by atoms with E-state index in [9.17, 15) is 9.36 Å². The number of esters is 1. The summed E-state index contributed by atoms with van der Waals surface area (Å²) in [7, 11) is -3.86. The average molecular weight is 475 g/mol. The first-order chi connectivity index (χ1) is 14.5. The minimum Gasteiger partial charge on any atom is -0.462 e. The summed E-state index contributed by atoms with van der Waals surface area (Å²) in [6.45, 7) is 6.60. The molecular weight excluding hydrogens is 451 g/mol. The standard InChI is InChI=1S/C17H24ClN6O6P/c1-8(2)28-15(25)9(3)23-31(26)27-5-10-12(30-31)17(4,18)16(29-10)24-7-22-11-13(19)20-6-21-14(11)24/h6-10,12,16H,5H2,1-4H3,(H,23,26)(H2,19,20,21)/t9-,10-,12-,16-,17-,31-/m1/s1. The number of halogens is 1. The summed E-state index contributed by atoms with van der Waals surface area (Å²) in [6.07, 6.45) is 0.331. The molecule has 2 aliphatic rings. The summed E-state index contributed by atoms with van der Waals surface area (Å²) < 4.78 is 37.2. The molecule has 31 heavy (non-hydrogen) atoms. The minimum atomic E-state index is -3.86. The van der Waals surface area contributed by atoms with Crippen molar-refractivity contribution in [1.82, 2.24) is 24.6 Å². The number of ether oxygens (including phenoxy) is 2. The van der Waals surface area contributed by atoms with Crippen LogP contribution < -0.4 is 10.8 Å². The Hall–Kier alpha value is -1.82. The van der Waals surface area contributed by atoms with Crippen molar-refractivity contribution in [3.63, 3.8) is 0 Å². The van der Waals surface area contributed by atoms with E-state index in [0.29, 0.717) is 11.2 Å². The van der Waals surface area contributed by atoms with Crippen molar-refractivity contribution >= 4 is 42.3 Å². The van der Waals surface area contributed by atoms with Gasteiger partial charge in [0.2, 0.25) is 0 Å². The smallest absolute Gasteiger partial charge is 0.406 e. The van der Waals surface area contributed by atoms with Gasteiger partial charge in [-0.2, -0.15) is 0 Å². The third-order valence-electron chi connectivity index (χ3n) is 5.04. The molecule has 0 radical (unpaired) electrons. The van der Waals surface area contributed by atoms with Crippen LogP contribution in [0.15, 0.2) is 12.7 Å². The molecule has 14 heteroatoms. The highest BCUT2D eigenvalue weighted by atomic mass is 35.5. The molecule has 6 atom stereocenters. The van der Waals surface area contributed by atoms with E-state index < -0.39 is 43.1 Å². The lowest BCUT2D eigenvalue weighted by Gasteiger charge is -2.36. The van der Waals surface area contributed by atoms with Crippen LogP contribution in [0.4, 0.5) is 5.82 Å². The fourth-order valence-corrected chi connectivity index (χ4v) is 5.77. The van der Waals surface area contributed by atoms with Crippen molar-refractivity contribution in [2.45, 2.75) is 63.2 Å². The number of nitrogens with two attached hydrogens (primary N) is 1. The van der Waals surface area contributed by atoms with Gasteiger partial charge in [-0.3, -0.25) is 18.4 Å². The number of anilines is 1. The number of hydrogen-bond acceptors (Lipinski definition) is 10. The van der Waals surface area contributed by atoms with Gasteiger partial charge in [0.15, 0.2) is 17.7 Å². The second-order valence-corrected chi connectivity index (χ2v) is 10.5. The maximum Gasteiger partial charge on any atom is 0.406 e. The molecule has 2 aliphatic heterocycles. The zero-order valence-corrected chi connectivity index (χ0v) is 19.0. The molecule has 2 saturated heterocycles. The van der Waals surface area contributed by atoms with Gasteiger partial charge in [-0.1, -0.05) is 0 Å². The lowest BCUT2D eigenvalue weighted by molar-refractivity contribution is -0.149. The molecule has 2 aromatic rings. The maximum absolute atomic E-state index is 13.2. The van der Waals surface area contributed by atoms with Gasteiger partial charge in [-0.05, 0) is 27.7 Å². The minimum absolute atomic E-state index is 0.0521. The van der Waals surface area contributed by atoms with Gasteiger partial charge < -0.3 is 15.2 Å². The average Bonchev–Trinajstić information content (AvgIpc) is 3.21. The highest BCUT2D eigenvalue weighted by Gasteiger charge is 2.60. The van der Waals surface area contributed by atoms with Crippen molar-refractivity contribution in [1.29, 1.82) is 0 Å². The highest BCUT2D eigenvalue weighted by molar-refractivity contribution is 7.51. The topological polar surface area (TPSA) is 153 Å². The van der Waals surface area contributed by atoms with Gasteiger partial charge >= 0.3 is 13.7 Å². The van der Waals surface area contributed by atoms with E-state index in [2.05, 4.69) is 20.0 Å². The summed E-state index contributed by atoms with van der Waals surface area (Å²) in [5, 5.41) is 2.60. The number of nitrogen functional groups attached to an aromatic ring is 1. The lowest BCUT2D eigenvalue weighted by atomic mass is 10.0. The Kier molecular flexibility index (Phi) is 5.74. The number of imidazole rings is 1. The SMILES string of the molecule is CC(C)OC(=O)[C@@H](C)N[P@@]1(=O)OC[C@H]2O[C@@H](n3cnc4c(N)ncnc43)[C@](C)(Cl)[C@@H]2O1. The molecule has 4 heterocycles. The van der Waals surface area contributed by atoms with E-state index in [1.54, 1.807) is 25.3 Å². The van der Waals surface area contributed by atoms with Crippen LogP contribution in [0.25, 0.3) is 11.2 Å². The highest BCUT2D eigenvalue weighted by Crippen LogP contribution is 2.57. The van der Waals surface area contributed by atoms with Gasteiger partial charge in [-0.25, -0.2) is 24.6 Å². The lowest BCUT2D eigenvalue weighted by Crippen LogP contribution is -2.47. The largest absolute Gasteiger partial charge is 0.462 e. The predicted molar refractivity (Wildman–Crippen MR) is 110 cm³/mol. The van der Waals surface area contributed by atoms with Crippen LogP contribution in [0, 0.1) is 0 Å². The molecular formula is C17H24ClN6O6P. The summed E-state index contributed by atoms with van der Waals surface area (Å²) in [5.41, 5.74) is 6.71. The van der Waals surface area contributed by atoms with Crippen molar-refractivity contribution in [2.75, 3.05) is 12.3 Å². The first kappa shape index (κ1) is 22.4. The van der Waals surface area contributed by atoms with Crippen molar-refractivity contribution in [3.05, 3.63) is 12.7 Å². The van der Waals surface area contributed by atoms with Gasteiger partial charge in [0.1, 0.15) is 35.0 Å². The Morgan fingerprint density at radius 2 is 2.16 bits per heavy atom. The number of rotatable bonds is 5. The Bertz CT molecular complexity index is 1050. The van der Waals surface area contributed by atoms with E-state index in [0.717, 1.165) is 0 Å². The van der Waals surface area contributed by atoms with Crippen molar-refractivity contribution < 1.29 is 27.9 Å². The van der Waals surface area contributed by atoms with E-state index in [1.165, 1.54) is 19.6 Å². The number of nitrogens with zero attached hydrogens (tertiary/aromatic N) is 4.